The van der Waals surface area contributed by atoms with Gasteiger partial charge in [-0.3, -0.25) is 9.58 Å². The number of aliphatic imine (C=N–C) groups is 1. The van der Waals surface area contributed by atoms with Crippen LogP contribution in [-0.4, -0.2) is 34.3 Å². The third-order valence-electron chi connectivity index (χ3n) is 5.45. The Balaban J connectivity index is 1.76. The zero-order chi connectivity index (χ0) is 22.1. The number of anilines is 1. The van der Waals surface area contributed by atoms with Crippen LogP contribution >= 0.6 is 0 Å². The summed E-state index contributed by atoms with van der Waals surface area (Å²) in [5.74, 6) is 2.24. The Hall–Kier alpha value is -3.68. The zero-order valence-electron chi connectivity index (χ0n) is 18.4. The number of hydrogen-bond acceptors (Lipinski definition) is 7. The van der Waals surface area contributed by atoms with Crippen LogP contribution in [0.1, 0.15) is 20.3 Å². The van der Waals surface area contributed by atoms with Gasteiger partial charge >= 0.3 is 0 Å². The van der Waals surface area contributed by atoms with E-state index in [4.69, 9.17) is 16.2 Å². The monoisotopic (exact) mass is 419 g/mol. The molecule has 1 aromatic carbocycles. The van der Waals surface area contributed by atoms with Crippen molar-refractivity contribution in [2.75, 3.05) is 18.6 Å². The number of ether oxygens (including phenoxy) is 1. The highest BCUT2D eigenvalue weighted by molar-refractivity contribution is 6.02. The molecule has 0 radical (unpaired) electrons. The number of allylic oxidation sites excluding steroid dienone is 1. The van der Waals surface area contributed by atoms with Crippen molar-refractivity contribution in [1.82, 2.24) is 14.7 Å². The topological polar surface area (TPSA) is 97.9 Å². The van der Waals surface area contributed by atoms with E-state index in [2.05, 4.69) is 28.8 Å². The Morgan fingerprint density at radius 2 is 1.97 bits per heavy atom. The van der Waals surface area contributed by atoms with Crippen LogP contribution in [0.5, 0.6) is 5.75 Å². The minimum Gasteiger partial charge on any atom is -0.495 e. The van der Waals surface area contributed by atoms with Crippen LogP contribution in [0.3, 0.4) is 0 Å². The molecule has 0 spiro atoms. The van der Waals surface area contributed by atoms with Gasteiger partial charge in [0.15, 0.2) is 0 Å². The van der Waals surface area contributed by atoms with Crippen LogP contribution < -0.4 is 21.1 Å². The molecule has 8 nitrogen and oxygen atoms in total. The summed E-state index contributed by atoms with van der Waals surface area (Å²) in [6, 6.07) is 5.97. The van der Waals surface area contributed by atoms with Crippen LogP contribution in [0.2, 0.25) is 0 Å². The Bertz CT molecular complexity index is 1110. The molecule has 4 N–H and O–H groups in total. The molecule has 0 bridgehead atoms. The van der Waals surface area contributed by atoms with E-state index >= 15 is 0 Å². The van der Waals surface area contributed by atoms with Crippen LogP contribution in [-0.2, 0) is 7.05 Å². The van der Waals surface area contributed by atoms with E-state index in [0.29, 0.717) is 23.4 Å². The van der Waals surface area contributed by atoms with E-state index in [1.165, 1.54) is 0 Å². The molecule has 162 valence electrons. The predicted molar refractivity (Wildman–Crippen MR) is 124 cm³/mol. The number of rotatable bonds is 6. The number of aryl methyl sites for hydroxylation is 1. The highest BCUT2D eigenvalue weighted by Crippen LogP contribution is 2.39. The number of fused-ring (bicyclic) bond motifs is 1. The molecule has 2 aliphatic rings. The molecule has 0 atom stereocenters. The van der Waals surface area contributed by atoms with Crippen LogP contribution in [0.15, 0.2) is 71.2 Å². The number of benzene rings is 1. The van der Waals surface area contributed by atoms with Gasteiger partial charge in [-0.2, -0.15) is 5.10 Å². The molecular weight excluding hydrogens is 390 g/mol. The predicted octanol–water partition coefficient (Wildman–Crippen LogP) is 3.12. The molecular formula is C23H29N7O. The molecule has 0 unspecified atom stereocenters. The van der Waals surface area contributed by atoms with Gasteiger partial charge in [0.2, 0.25) is 5.96 Å². The van der Waals surface area contributed by atoms with Crippen molar-refractivity contribution in [1.29, 1.82) is 0 Å². The number of nitrogens with two attached hydrogens (primary N) is 2. The SMILES string of the molecule is COc1cc(-c2cnn(C)c2)ccc1N1C(N)=NC=C2C=CN(CCC(C)C)C(N)=C21. The van der Waals surface area contributed by atoms with Crippen LogP contribution in [0.4, 0.5) is 5.69 Å². The fraction of sp³-hybridized carbons (Fsp3) is 0.304. The first-order chi connectivity index (χ1) is 14.9. The Morgan fingerprint density at radius 1 is 1.16 bits per heavy atom. The van der Waals surface area contributed by atoms with Crippen LogP contribution in [0, 0.1) is 5.92 Å². The fourth-order valence-corrected chi connectivity index (χ4v) is 3.72. The number of methoxy groups -OCH3 is 1. The molecule has 0 saturated carbocycles. The lowest BCUT2D eigenvalue weighted by atomic mass is 10.0. The maximum absolute atomic E-state index is 6.63. The third-order valence-corrected chi connectivity index (χ3v) is 5.45. The van der Waals surface area contributed by atoms with Gasteiger partial charge < -0.3 is 21.1 Å². The second-order valence-corrected chi connectivity index (χ2v) is 8.12. The summed E-state index contributed by atoms with van der Waals surface area (Å²) in [6.07, 6.45) is 10.6. The van der Waals surface area contributed by atoms with Gasteiger partial charge in [-0.15, -0.1) is 0 Å². The summed E-state index contributed by atoms with van der Waals surface area (Å²) in [6.45, 7) is 5.24. The average molecular weight is 420 g/mol. The quantitative estimate of drug-likeness (QED) is 0.747. The maximum atomic E-state index is 6.63. The van der Waals surface area contributed by atoms with Gasteiger partial charge in [0.05, 0.1) is 24.7 Å². The van der Waals surface area contributed by atoms with E-state index < -0.39 is 0 Å². The molecule has 0 amide bonds. The number of guanidine groups is 1. The third kappa shape index (κ3) is 3.88. The molecule has 1 aromatic heterocycles. The van der Waals surface area contributed by atoms with Gasteiger partial charge in [-0.25, -0.2) is 4.99 Å². The van der Waals surface area contributed by atoms with E-state index in [1.807, 2.05) is 54.8 Å². The number of nitrogens with zero attached hydrogens (tertiary/aromatic N) is 5. The average Bonchev–Trinajstić information content (AvgIpc) is 3.19. The second-order valence-electron chi connectivity index (χ2n) is 8.12. The summed E-state index contributed by atoms with van der Waals surface area (Å²) in [5.41, 5.74) is 17.5. The van der Waals surface area contributed by atoms with Crippen molar-refractivity contribution in [3.63, 3.8) is 0 Å². The summed E-state index contributed by atoms with van der Waals surface area (Å²) < 4.78 is 7.51. The highest BCUT2D eigenvalue weighted by Gasteiger charge is 2.30. The van der Waals surface area contributed by atoms with Gasteiger partial charge in [0.1, 0.15) is 11.6 Å². The Morgan fingerprint density at radius 3 is 2.65 bits per heavy atom. The largest absolute Gasteiger partial charge is 0.495 e. The van der Waals surface area contributed by atoms with Gasteiger partial charge in [0.25, 0.3) is 0 Å². The van der Waals surface area contributed by atoms with Crippen molar-refractivity contribution < 1.29 is 4.74 Å². The highest BCUT2D eigenvalue weighted by atomic mass is 16.5. The van der Waals surface area contributed by atoms with Crippen molar-refractivity contribution >= 4 is 11.6 Å². The summed E-state index contributed by atoms with van der Waals surface area (Å²) >= 11 is 0. The summed E-state index contributed by atoms with van der Waals surface area (Å²) in [7, 11) is 3.54. The molecule has 0 saturated heterocycles. The molecule has 3 heterocycles. The van der Waals surface area contributed by atoms with Gasteiger partial charge in [-0.05, 0) is 36.1 Å². The lowest BCUT2D eigenvalue weighted by Gasteiger charge is -2.36. The standard InChI is InChI=1S/C23H29N7O/c1-15(2)7-9-29-10-8-17-12-26-23(25)30(21(17)22(29)24)19-6-5-16(11-20(19)31-4)18-13-27-28(3)14-18/h5-6,8,10-15H,7,9,24H2,1-4H3,(H2,25,26). The fourth-order valence-electron chi connectivity index (χ4n) is 3.72. The molecule has 0 fully saturated rings. The summed E-state index contributed by atoms with van der Waals surface area (Å²) in [5, 5.41) is 4.26. The second kappa shape index (κ2) is 8.22. The Labute approximate surface area is 182 Å². The molecule has 2 aliphatic heterocycles. The van der Waals surface area contributed by atoms with Crippen molar-refractivity contribution in [2.45, 2.75) is 20.3 Å². The van der Waals surface area contributed by atoms with Crippen molar-refractivity contribution in [3.8, 4) is 16.9 Å². The maximum Gasteiger partial charge on any atom is 0.205 e. The molecule has 4 rings (SSSR count). The first-order valence-corrected chi connectivity index (χ1v) is 10.3. The van der Waals surface area contributed by atoms with Gasteiger partial charge in [-0.1, -0.05) is 19.9 Å². The lowest BCUT2D eigenvalue weighted by molar-refractivity contribution is 0.400. The smallest absolute Gasteiger partial charge is 0.205 e. The number of hydrogen-bond donors (Lipinski definition) is 2. The van der Waals surface area contributed by atoms with Crippen molar-refractivity contribution in [3.05, 3.63) is 66.2 Å². The minimum absolute atomic E-state index is 0.341. The van der Waals surface area contributed by atoms with E-state index in [9.17, 15) is 0 Å². The van der Waals surface area contributed by atoms with Crippen LogP contribution in [0.25, 0.3) is 11.1 Å². The molecule has 0 aliphatic carbocycles. The first kappa shape index (κ1) is 20.6. The van der Waals surface area contributed by atoms with E-state index in [-0.39, 0.29) is 0 Å². The van der Waals surface area contributed by atoms with E-state index in [0.717, 1.165) is 41.1 Å². The zero-order valence-corrected chi connectivity index (χ0v) is 18.4. The van der Waals surface area contributed by atoms with E-state index in [1.54, 1.807) is 18.0 Å². The first-order valence-electron chi connectivity index (χ1n) is 10.3. The Kier molecular flexibility index (Phi) is 5.46. The normalized spacial score (nSPS) is 15.9. The lowest BCUT2D eigenvalue weighted by Crippen LogP contribution is -2.43. The molecule has 31 heavy (non-hydrogen) atoms. The number of aromatic nitrogens is 2. The molecule has 2 aromatic rings. The molecule has 8 heteroatoms. The minimum atomic E-state index is 0.341. The summed E-state index contributed by atoms with van der Waals surface area (Å²) in [4.78, 5) is 8.32. The van der Waals surface area contributed by atoms with Gasteiger partial charge in [0, 0.05) is 43.3 Å². The van der Waals surface area contributed by atoms with Crippen molar-refractivity contribution in [2.24, 2.45) is 29.4 Å².